The molecule has 0 aromatic heterocycles. The van der Waals surface area contributed by atoms with Crippen molar-refractivity contribution in [1.82, 2.24) is 10.2 Å². The van der Waals surface area contributed by atoms with Crippen molar-refractivity contribution in [3.8, 4) is 0 Å². The van der Waals surface area contributed by atoms with E-state index in [4.69, 9.17) is 4.74 Å². The first-order chi connectivity index (χ1) is 11.8. The molecular weight excluding hydrogens is 300 g/mol. The number of carbonyl (C=O) groups is 1. The zero-order chi connectivity index (χ0) is 16.6. The topological polar surface area (TPSA) is 41.6 Å². The van der Waals surface area contributed by atoms with Gasteiger partial charge in [0.25, 0.3) is 0 Å². The molecule has 0 spiro atoms. The second kappa shape index (κ2) is 9.07. The molecule has 1 aromatic rings. The van der Waals surface area contributed by atoms with Crippen molar-refractivity contribution in [3.05, 3.63) is 35.9 Å². The predicted molar refractivity (Wildman–Crippen MR) is 95.8 cm³/mol. The first-order valence-electron chi connectivity index (χ1n) is 9.50. The molecule has 24 heavy (non-hydrogen) atoms. The third kappa shape index (κ3) is 5.23. The summed E-state index contributed by atoms with van der Waals surface area (Å²) >= 11 is 0. The number of benzene rings is 1. The van der Waals surface area contributed by atoms with Crippen LogP contribution in [0.1, 0.15) is 50.5 Å². The third-order valence-corrected chi connectivity index (χ3v) is 5.41. The third-order valence-electron chi connectivity index (χ3n) is 5.41. The van der Waals surface area contributed by atoms with Gasteiger partial charge >= 0.3 is 6.09 Å². The number of amides is 1. The van der Waals surface area contributed by atoms with Crippen LogP contribution >= 0.6 is 0 Å². The van der Waals surface area contributed by atoms with Gasteiger partial charge in [-0.1, -0.05) is 49.6 Å². The number of rotatable bonds is 6. The van der Waals surface area contributed by atoms with E-state index in [9.17, 15) is 4.79 Å². The van der Waals surface area contributed by atoms with Gasteiger partial charge < -0.3 is 10.1 Å². The Morgan fingerprint density at radius 3 is 2.67 bits per heavy atom. The fraction of sp³-hybridized carbons (Fsp3) is 0.650. The average molecular weight is 330 g/mol. The van der Waals surface area contributed by atoms with E-state index in [1.54, 1.807) is 0 Å². The standard InChI is InChI=1S/C20H30N2O2/c23-20(24-16-18-10-5-2-6-11-18)21-14-19-12-7-13-22(19)15-17-8-3-1-4-9-17/h2,5-6,10-11,17,19H,1,3-4,7-9,12-16H2,(H,21,23). The molecule has 2 fully saturated rings. The Labute approximate surface area is 145 Å². The second-order valence-corrected chi connectivity index (χ2v) is 7.24. The Kier molecular flexibility index (Phi) is 6.53. The summed E-state index contributed by atoms with van der Waals surface area (Å²) < 4.78 is 5.30. The SMILES string of the molecule is O=C(NCC1CCCN1CC1CCCCC1)OCc1ccccc1. The van der Waals surface area contributed by atoms with Gasteiger partial charge in [0.15, 0.2) is 0 Å². The molecule has 1 amide bonds. The van der Waals surface area contributed by atoms with Crippen LogP contribution in [0.15, 0.2) is 30.3 Å². The molecule has 3 rings (SSSR count). The molecule has 4 nitrogen and oxygen atoms in total. The van der Waals surface area contributed by atoms with Crippen molar-refractivity contribution in [1.29, 1.82) is 0 Å². The first kappa shape index (κ1) is 17.3. The molecule has 1 aromatic carbocycles. The normalized spacial score (nSPS) is 22.4. The monoisotopic (exact) mass is 330 g/mol. The maximum Gasteiger partial charge on any atom is 0.407 e. The van der Waals surface area contributed by atoms with Crippen LogP contribution in [0.25, 0.3) is 0 Å². The maximum atomic E-state index is 11.9. The van der Waals surface area contributed by atoms with Crippen LogP contribution in [-0.2, 0) is 11.3 Å². The van der Waals surface area contributed by atoms with E-state index < -0.39 is 0 Å². The Balaban J connectivity index is 1.37. The molecule has 1 atom stereocenters. The second-order valence-electron chi connectivity index (χ2n) is 7.24. The van der Waals surface area contributed by atoms with E-state index in [1.165, 1.54) is 58.0 Å². The summed E-state index contributed by atoms with van der Waals surface area (Å²) in [6.07, 6.45) is 9.10. The van der Waals surface area contributed by atoms with Crippen molar-refractivity contribution in [3.63, 3.8) is 0 Å². The van der Waals surface area contributed by atoms with Gasteiger partial charge in [-0.3, -0.25) is 4.90 Å². The lowest BCUT2D eigenvalue weighted by Crippen LogP contribution is -2.42. The Bertz CT molecular complexity index is 500. The molecule has 1 unspecified atom stereocenters. The van der Waals surface area contributed by atoms with Gasteiger partial charge in [-0.2, -0.15) is 0 Å². The molecule has 1 aliphatic heterocycles. The zero-order valence-corrected chi connectivity index (χ0v) is 14.6. The summed E-state index contributed by atoms with van der Waals surface area (Å²) in [5, 5.41) is 2.96. The first-order valence-corrected chi connectivity index (χ1v) is 9.50. The lowest BCUT2D eigenvalue weighted by molar-refractivity contribution is 0.133. The molecule has 1 N–H and O–H groups in total. The van der Waals surface area contributed by atoms with Gasteiger partial charge in [-0.05, 0) is 43.7 Å². The van der Waals surface area contributed by atoms with E-state index in [-0.39, 0.29) is 6.09 Å². The summed E-state index contributed by atoms with van der Waals surface area (Å²) in [5.41, 5.74) is 1.02. The Hall–Kier alpha value is -1.55. The highest BCUT2D eigenvalue weighted by atomic mass is 16.5. The minimum absolute atomic E-state index is 0.302. The number of hydrogen-bond donors (Lipinski definition) is 1. The molecule has 0 radical (unpaired) electrons. The summed E-state index contributed by atoms with van der Waals surface area (Å²) in [6.45, 7) is 3.44. The van der Waals surface area contributed by atoms with Crippen LogP contribution in [-0.4, -0.2) is 36.7 Å². The van der Waals surface area contributed by atoms with Gasteiger partial charge in [-0.15, -0.1) is 0 Å². The highest BCUT2D eigenvalue weighted by Gasteiger charge is 2.27. The van der Waals surface area contributed by atoms with Gasteiger partial charge in [-0.25, -0.2) is 4.79 Å². The lowest BCUT2D eigenvalue weighted by atomic mass is 9.89. The number of alkyl carbamates (subject to hydrolysis) is 1. The van der Waals surface area contributed by atoms with Gasteiger partial charge in [0.2, 0.25) is 0 Å². The summed E-state index contributed by atoms with van der Waals surface area (Å²) in [4.78, 5) is 14.5. The van der Waals surface area contributed by atoms with E-state index in [0.29, 0.717) is 19.2 Å². The maximum absolute atomic E-state index is 11.9. The van der Waals surface area contributed by atoms with Crippen molar-refractivity contribution in [2.75, 3.05) is 19.6 Å². The molecule has 1 saturated carbocycles. The highest BCUT2D eigenvalue weighted by molar-refractivity contribution is 5.67. The van der Waals surface area contributed by atoms with Crippen molar-refractivity contribution in [2.45, 2.75) is 57.6 Å². The van der Waals surface area contributed by atoms with Gasteiger partial charge in [0, 0.05) is 19.1 Å². The number of hydrogen-bond acceptors (Lipinski definition) is 3. The Morgan fingerprint density at radius 1 is 1.08 bits per heavy atom. The van der Waals surface area contributed by atoms with Crippen LogP contribution in [0.5, 0.6) is 0 Å². The number of ether oxygens (including phenoxy) is 1. The molecule has 1 aliphatic carbocycles. The fourth-order valence-electron chi connectivity index (χ4n) is 4.04. The predicted octanol–water partition coefficient (Wildman–Crippen LogP) is 3.96. The van der Waals surface area contributed by atoms with E-state index in [2.05, 4.69) is 10.2 Å². The number of nitrogens with zero attached hydrogens (tertiary/aromatic N) is 1. The molecule has 1 heterocycles. The van der Waals surface area contributed by atoms with Gasteiger partial charge in [0.05, 0.1) is 0 Å². The molecule has 1 saturated heterocycles. The zero-order valence-electron chi connectivity index (χ0n) is 14.6. The molecule has 0 bridgehead atoms. The van der Waals surface area contributed by atoms with E-state index >= 15 is 0 Å². The summed E-state index contributed by atoms with van der Waals surface area (Å²) in [7, 11) is 0. The van der Waals surface area contributed by atoms with Crippen molar-refractivity contribution < 1.29 is 9.53 Å². The van der Waals surface area contributed by atoms with Crippen LogP contribution in [0.4, 0.5) is 4.79 Å². The van der Waals surface area contributed by atoms with Crippen molar-refractivity contribution >= 4 is 6.09 Å². The van der Waals surface area contributed by atoms with Gasteiger partial charge in [0.1, 0.15) is 6.61 Å². The van der Waals surface area contributed by atoms with Crippen molar-refractivity contribution in [2.24, 2.45) is 5.92 Å². The molecule has 132 valence electrons. The minimum Gasteiger partial charge on any atom is -0.445 e. The number of likely N-dealkylation sites (tertiary alicyclic amines) is 1. The number of nitrogens with one attached hydrogen (secondary N) is 1. The molecular formula is C20H30N2O2. The smallest absolute Gasteiger partial charge is 0.407 e. The quantitative estimate of drug-likeness (QED) is 0.858. The van der Waals surface area contributed by atoms with Crippen LogP contribution in [0.3, 0.4) is 0 Å². The lowest BCUT2D eigenvalue weighted by Gasteiger charge is -2.31. The Morgan fingerprint density at radius 2 is 1.88 bits per heavy atom. The summed E-state index contributed by atoms with van der Waals surface area (Å²) in [6, 6.07) is 10.3. The average Bonchev–Trinajstić information content (AvgIpc) is 3.07. The van der Waals surface area contributed by atoms with Crippen LogP contribution in [0.2, 0.25) is 0 Å². The molecule has 2 aliphatic rings. The van der Waals surface area contributed by atoms with E-state index in [1.807, 2.05) is 30.3 Å². The number of carbonyl (C=O) groups excluding carboxylic acids is 1. The van der Waals surface area contributed by atoms with Crippen LogP contribution in [0, 0.1) is 5.92 Å². The minimum atomic E-state index is -0.302. The molecule has 4 heteroatoms. The van der Waals surface area contributed by atoms with E-state index in [0.717, 1.165) is 11.5 Å². The van der Waals surface area contributed by atoms with Crippen LogP contribution < -0.4 is 5.32 Å². The highest BCUT2D eigenvalue weighted by Crippen LogP contribution is 2.27. The largest absolute Gasteiger partial charge is 0.445 e. The fourth-order valence-corrected chi connectivity index (χ4v) is 4.04. The summed E-state index contributed by atoms with van der Waals surface area (Å²) in [5.74, 6) is 0.865.